The molecule has 1 heterocycles. The lowest BCUT2D eigenvalue weighted by Crippen LogP contribution is -2.51. The normalized spacial score (nSPS) is 20.1. The van der Waals surface area contributed by atoms with Crippen molar-refractivity contribution in [1.29, 1.82) is 0 Å². The molecule has 20 heavy (non-hydrogen) atoms. The SMILES string of the molecule is C[C@@H](NC(=O)[C@H]1COCCN1)c1ccc(C(=O)O)cc1. The topological polar surface area (TPSA) is 87.7 Å². The summed E-state index contributed by atoms with van der Waals surface area (Å²) in [5.41, 5.74) is 1.09. The third kappa shape index (κ3) is 3.55. The van der Waals surface area contributed by atoms with Gasteiger partial charge in [-0.25, -0.2) is 4.79 Å². The molecule has 0 radical (unpaired) electrons. The van der Waals surface area contributed by atoms with Crippen molar-refractivity contribution in [2.75, 3.05) is 19.8 Å². The number of carboxylic acid groups (broad SMARTS) is 1. The Kier molecular flexibility index (Phi) is 4.70. The molecule has 2 atom stereocenters. The van der Waals surface area contributed by atoms with Crippen molar-refractivity contribution in [2.24, 2.45) is 0 Å². The molecule has 1 fully saturated rings. The zero-order valence-corrected chi connectivity index (χ0v) is 11.3. The molecule has 6 nitrogen and oxygen atoms in total. The molecule has 108 valence electrons. The summed E-state index contributed by atoms with van der Waals surface area (Å²) in [7, 11) is 0. The maximum Gasteiger partial charge on any atom is 0.335 e. The van der Waals surface area contributed by atoms with Gasteiger partial charge in [0.1, 0.15) is 6.04 Å². The van der Waals surface area contributed by atoms with Gasteiger partial charge in [0.15, 0.2) is 0 Å². The molecular weight excluding hydrogens is 260 g/mol. The molecule has 1 aliphatic rings. The van der Waals surface area contributed by atoms with E-state index in [0.717, 1.165) is 5.56 Å². The Bertz CT molecular complexity index is 480. The zero-order valence-electron chi connectivity index (χ0n) is 11.3. The van der Waals surface area contributed by atoms with Gasteiger partial charge in [-0.15, -0.1) is 0 Å². The van der Waals surface area contributed by atoms with Crippen LogP contribution in [0.5, 0.6) is 0 Å². The van der Waals surface area contributed by atoms with Crippen LogP contribution in [0.1, 0.15) is 28.9 Å². The Morgan fingerprint density at radius 1 is 1.40 bits per heavy atom. The van der Waals surface area contributed by atoms with Crippen LogP contribution in [0.4, 0.5) is 0 Å². The maximum atomic E-state index is 12.0. The monoisotopic (exact) mass is 278 g/mol. The second-order valence-corrected chi connectivity index (χ2v) is 4.74. The molecule has 0 unspecified atom stereocenters. The first kappa shape index (κ1) is 14.5. The van der Waals surface area contributed by atoms with Crippen LogP contribution in [0, 0.1) is 0 Å². The van der Waals surface area contributed by atoms with Gasteiger partial charge in [-0.2, -0.15) is 0 Å². The van der Waals surface area contributed by atoms with Crippen molar-refractivity contribution in [3.8, 4) is 0 Å². The molecule has 0 saturated carbocycles. The van der Waals surface area contributed by atoms with Crippen molar-refractivity contribution < 1.29 is 19.4 Å². The number of hydrogen-bond donors (Lipinski definition) is 3. The number of carboxylic acids is 1. The highest BCUT2D eigenvalue weighted by molar-refractivity contribution is 5.87. The zero-order chi connectivity index (χ0) is 14.5. The number of benzene rings is 1. The number of rotatable bonds is 4. The lowest BCUT2D eigenvalue weighted by Gasteiger charge is -2.25. The highest BCUT2D eigenvalue weighted by Crippen LogP contribution is 2.13. The van der Waals surface area contributed by atoms with E-state index in [1.54, 1.807) is 12.1 Å². The summed E-state index contributed by atoms with van der Waals surface area (Å²) in [6.45, 7) is 3.52. The predicted molar refractivity (Wildman–Crippen MR) is 72.6 cm³/mol. The molecule has 3 N–H and O–H groups in total. The summed E-state index contributed by atoms with van der Waals surface area (Å²) < 4.78 is 5.24. The molecule has 0 aromatic heterocycles. The Labute approximate surface area is 117 Å². The summed E-state index contributed by atoms with van der Waals surface area (Å²) in [5, 5.41) is 14.8. The Morgan fingerprint density at radius 2 is 2.10 bits per heavy atom. The summed E-state index contributed by atoms with van der Waals surface area (Å²) >= 11 is 0. The van der Waals surface area contributed by atoms with Gasteiger partial charge in [0, 0.05) is 6.54 Å². The van der Waals surface area contributed by atoms with Crippen LogP contribution in [0.2, 0.25) is 0 Å². The predicted octanol–water partition coefficient (Wildman–Crippen LogP) is 0.550. The van der Waals surface area contributed by atoms with E-state index in [2.05, 4.69) is 10.6 Å². The molecule has 0 bridgehead atoms. The van der Waals surface area contributed by atoms with Gasteiger partial charge in [0.25, 0.3) is 0 Å². The minimum atomic E-state index is -0.961. The number of morpholine rings is 1. The third-order valence-electron chi connectivity index (χ3n) is 3.25. The van der Waals surface area contributed by atoms with Gasteiger partial charge < -0.3 is 20.5 Å². The minimum Gasteiger partial charge on any atom is -0.478 e. The molecule has 2 rings (SSSR count). The quantitative estimate of drug-likeness (QED) is 0.748. The van der Waals surface area contributed by atoms with Crippen molar-refractivity contribution in [1.82, 2.24) is 10.6 Å². The van der Waals surface area contributed by atoms with Gasteiger partial charge in [-0.3, -0.25) is 4.79 Å². The van der Waals surface area contributed by atoms with Gasteiger partial charge in [-0.05, 0) is 24.6 Å². The number of carbonyl (C=O) groups is 2. The third-order valence-corrected chi connectivity index (χ3v) is 3.25. The summed E-state index contributed by atoms with van der Waals surface area (Å²) in [5.74, 6) is -1.07. The van der Waals surface area contributed by atoms with Crippen molar-refractivity contribution in [3.63, 3.8) is 0 Å². The van der Waals surface area contributed by atoms with Crippen LogP contribution >= 0.6 is 0 Å². The molecule has 1 saturated heterocycles. The number of aromatic carboxylic acids is 1. The standard InChI is InChI=1S/C14H18N2O4/c1-9(10-2-4-11(5-3-10)14(18)19)16-13(17)12-8-20-7-6-15-12/h2-5,9,12,15H,6-8H2,1H3,(H,16,17)(H,18,19)/t9-,12-/m1/s1. The van der Waals surface area contributed by atoms with E-state index >= 15 is 0 Å². The van der Waals surface area contributed by atoms with Gasteiger partial charge in [0.2, 0.25) is 5.91 Å². The second kappa shape index (κ2) is 6.49. The first-order valence-corrected chi connectivity index (χ1v) is 6.52. The average molecular weight is 278 g/mol. The lowest BCUT2D eigenvalue weighted by atomic mass is 10.1. The fraction of sp³-hybridized carbons (Fsp3) is 0.429. The van der Waals surface area contributed by atoms with Gasteiger partial charge in [0.05, 0.1) is 24.8 Å². The first-order chi connectivity index (χ1) is 9.58. The van der Waals surface area contributed by atoms with E-state index in [9.17, 15) is 9.59 Å². The Hall–Kier alpha value is -1.92. The molecule has 0 aliphatic carbocycles. The van der Waals surface area contributed by atoms with Crippen LogP contribution in [0.15, 0.2) is 24.3 Å². The highest BCUT2D eigenvalue weighted by atomic mass is 16.5. The van der Waals surface area contributed by atoms with E-state index in [1.165, 1.54) is 12.1 Å². The fourth-order valence-corrected chi connectivity index (χ4v) is 2.05. The molecule has 0 spiro atoms. The van der Waals surface area contributed by atoms with E-state index in [0.29, 0.717) is 19.8 Å². The molecule has 1 amide bonds. The number of ether oxygens (including phenoxy) is 1. The van der Waals surface area contributed by atoms with E-state index < -0.39 is 5.97 Å². The molecule has 1 aromatic rings. The Morgan fingerprint density at radius 3 is 2.65 bits per heavy atom. The molecular formula is C14H18N2O4. The van der Waals surface area contributed by atoms with Crippen LogP contribution in [0.25, 0.3) is 0 Å². The Balaban J connectivity index is 1.94. The van der Waals surface area contributed by atoms with Crippen LogP contribution in [-0.4, -0.2) is 42.8 Å². The average Bonchev–Trinajstić information content (AvgIpc) is 2.48. The minimum absolute atomic E-state index is 0.112. The van der Waals surface area contributed by atoms with Gasteiger partial charge >= 0.3 is 5.97 Å². The highest BCUT2D eigenvalue weighted by Gasteiger charge is 2.22. The van der Waals surface area contributed by atoms with Crippen molar-refractivity contribution in [3.05, 3.63) is 35.4 Å². The lowest BCUT2D eigenvalue weighted by molar-refractivity contribution is -0.126. The number of amides is 1. The molecule has 1 aromatic carbocycles. The summed E-state index contributed by atoms with van der Waals surface area (Å²) in [6, 6.07) is 5.96. The summed E-state index contributed by atoms with van der Waals surface area (Å²) in [6.07, 6.45) is 0. The second-order valence-electron chi connectivity index (χ2n) is 4.74. The van der Waals surface area contributed by atoms with E-state index in [1.807, 2.05) is 6.92 Å². The van der Waals surface area contributed by atoms with E-state index in [-0.39, 0.29) is 23.6 Å². The fourth-order valence-electron chi connectivity index (χ4n) is 2.05. The van der Waals surface area contributed by atoms with Crippen LogP contribution in [-0.2, 0) is 9.53 Å². The number of nitrogens with one attached hydrogen (secondary N) is 2. The number of carbonyl (C=O) groups excluding carboxylic acids is 1. The maximum absolute atomic E-state index is 12.0. The summed E-state index contributed by atoms with van der Waals surface area (Å²) in [4.78, 5) is 22.8. The van der Waals surface area contributed by atoms with E-state index in [4.69, 9.17) is 9.84 Å². The van der Waals surface area contributed by atoms with Crippen LogP contribution in [0.3, 0.4) is 0 Å². The van der Waals surface area contributed by atoms with Crippen molar-refractivity contribution >= 4 is 11.9 Å². The molecule has 1 aliphatic heterocycles. The van der Waals surface area contributed by atoms with Crippen LogP contribution < -0.4 is 10.6 Å². The largest absolute Gasteiger partial charge is 0.478 e. The molecule has 6 heteroatoms. The van der Waals surface area contributed by atoms with Crippen molar-refractivity contribution in [2.45, 2.75) is 19.0 Å². The number of hydrogen-bond acceptors (Lipinski definition) is 4. The first-order valence-electron chi connectivity index (χ1n) is 6.52. The van der Waals surface area contributed by atoms with Gasteiger partial charge in [-0.1, -0.05) is 12.1 Å². The smallest absolute Gasteiger partial charge is 0.335 e.